The Bertz CT molecular complexity index is 558. The molecule has 1 saturated heterocycles. The van der Waals surface area contributed by atoms with Gasteiger partial charge in [0.15, 0.2) is 5.82 Å². The van der Waals surface area contributed by atoms with E-state index in [1.165, 1.54) is 13.2 Å². The monoisotopic (exact) mass is 279 g/mol. The number of aromatic nitrogens is 2. The van der Waals surface area contributed by atoms with Gasteiger partial charge in [0.05, 0.1) is 6.54 Å². The molecule has 3 N–H and O–H groups in total. The second-order valence-corrected chi connectivity index (χ2v) is 5.02. The first kappa shape index (κ1) is 14.2. The van der Waals surface area contributed by atoms with Crippen molar-refractivity contribution >= 4 is 23.5 Å². The number of nitrogens with two attached hydrogens (primary N) is 1. The maximum Gasteiger partial charge on any atom is 0.251 e. The number of methoxy groups -OCH3 is 1. The summed E-state index contributed by atoms with van der Waals surface area (Å²) in [4.78, 5) is 33.4. The van der Waals surface area contributed by atoms with E-state index >= 15 is 0 Å². The number of nitrogens with one attached hydrogen (secondary N) is 1. The molecule has 1 aliphatic heterocycles. The molecule has 0 atom stereocenters. The van der Waals surface area contributed by atoms with Crippen molar-refractivity contribution in [1.82, 2.24) is 15.3 Å². The number of piperazine rings is 1. The van der Waals surface area contributed by atoms with Crippen LogP contribution in [0.2, 0.25) is 0 Å². The number of nitrogen functional groups attached to an aromatic ring is 1. The van der Waals surface area contributed by atoms with E-state index in [4.69, 9.17) is 10.5 Å². The zero-order valence-electron chi connectivity index (χ0n) is 11.6. The zero-order valence-corrected chi connectivity index (χ0v) is 11.6. The molecule has 0 aromatic carbocycles. The number of carbonyl (C=O) groups is 2. The van der Waals surface area contributed by atoms with Crippen molar-refractivity contribution in [3.8, 4) is 0 Å². The lowest BCUT2D eigenvalue weighted by molar-refractivity contribution is -0.135. The molecule has 20 heavy (non-hydrogen) atoms. The number of carbonyl (C=O) groups excluding carboxylic acids is 2. The summed E-state index contributed by atoms with van der Waals surface area (Å²) >= 11 is 0. The molecule has 0 bridgehead atoms. The Labute approximate surface area is 116 Å². The molecule has 0 aliphatic carbocycles. The molecule has 2 amide bonds. The predicted octanol–water partition coefficient (Wildman–Crippen LogP) is -0.553. The highest BCUT2D eigenvalue weighted by atomic mass is 16.5. The standard InChI is InChI=1S/C12H17N5O3/c1-12(2)11(19)16-10(18)5-17(12)9-4-7(13)14-8(15-9)6-20-3/h4H,5-6H2,1-3H3,(H2,13,14,15)(H,16,18,19). The third-order valence-electron chi connectivity index (χ3n) is 3.11. The number of anilines is 2. The Morgan fingerprint density at radius 2 is 2.15 bits per heavy atom. The van der Waals surface area contributed by atoms with E-state index in [0.29, 0.717) is 11.6 Å². The molecule has 1 aromatic heterocycles. The lowest BCUT2D eigenvalue weighted by atomic mass is 9.99. The van der Waals surface area contributed by atoms with Gasteiger partial charge in [-0.25, -0.2) is 9.97 Å². The van der Waals surface area contributed by atoms with Gasteiger partial charge in [-0.15, -0.1) is 0 Å². The molecule has 0 radical (unpaired) electrons. The molecule has 1 aliphatic rings. The van der Waals surface area contributed by atoms with E-state index in [1.54, 1.807) is 18.7 Å². The Balaban J connectivity index is 2.42. The smallest absolute Gasteiger partial charge is 0.251 e. The van der Waals surface area contributed by atoms with Gasteiger partial charge in [-0.3, -0.25) is 14.9 Å². The summed E-state index contributed by atoms with van der Waals surface area (Å²) in [6.45, 7) is 3.65. The van der Waals surface area contributed by atoms with Gasteiger partial charge >= 0.3 is 0 Å². The summed E-state index contributed by atoms with van der Waals surface area (Å²) < 4.78 is 4.97. The molecule has 8 heteroatoms. The van der Waals surface area contributed by atoms with Crippen molar-refractivity contribution in [2.75, 3.05) is 24.3 Å². The quantitative estimate of drug-likeness (QED) is 0.714. The van der Waals surface area contributed by atoms with Crippen molar-refractivity contribution < 1.29 is 14.3 Å². The Morgan fingerprint density at radius 1 is 1.45 bits per heavy atom. The van der Waals surface area contributed by atoms with Gasteiger partial charge in [-0.05, 0) is 13.8 Å². The first-order valence-electron chi connectivity index (χ1n) is 6.09. The molecule has 1 aromatic rings. The Morgan fingerprint density at radius 3 is 2.80 bits per heavy atom. The van der Waals surface area contributed by atoms with Crippen molar-refractivity contribution in [2.24, 2.45) is 0 Å². The van der Waals surface area contributed by atoms with Gasteiger partial charge in [0, 0.05) is 13.2 Å². The normalized spacial score (nSPS) is 18.1. The van der Waals surface area contributed by atoms with Gasteiger partial charge in [-0.1, -0.05) is 0 Å². The van der Waals surface area contributed by atoms with Crippen LogP contribution < -0.4 is 16.0 Å². The third-order valence-corrected chi connectivity index (χ3v) is 3.11. The topological polar surface area (TPSA) is 110 Å². The van der Waals surface area contributed by atoms with Gasteiger partial charge < -0.3 is 15.4 Å². The molecule has 2 rings (SSSR count). The average Bonchev–Trinajstić information content (AvgIpc) is 2.33. The number of ether oxygens (including phenoxy) is 1. The lowest BCUT2D eigenvalue weighted by Crippen LogP contribution is -2.64. The lowest BCUT2D eigenvalue weighted by Gasteiger charge is -2.40. The largest absolute Gasteiger partial charge is 0.384 e. The van der Waals surface area contributed by atoms with Crippen LogP contribution in [0.1, 0.15) is 19.7 Å². The summed E-state index contributed by atoms with van der Waals surface area (Å²) in [5, 5.41) is 2.30. The maximum absolute atomic E-state index is 11.9. The van der Waals surface area contributed by atoms with Crippen LogP contribution in [-0.2, 0) is 20.9 Å². The van der Waals surface area contributed by atoms with Crippen molar-refractivity contribution in [1.29, 1.82) is 0 Å². The fourth-order valence-electron chi connectivity index (χ4n) is 1.99. The second kappa shape index (κ2) is 5.04. The molecular formula is C12H17N5O3. The highest BCUT2D eigenvalue weighted by molar-refractivity contribution is 6.06. The fourth-order valence-corrected chi connectivity index (χ4v) is 1.99. The summed E-state index contributed by atoms with van der Waals surface area (Å²) in [7, 11) is 1.52. The van der Waals surface area contributed by atoms with E-state index in [0.717, 1.165) is 0 Å². The Kier molecular flexibility index (Phi) is 3.58. The minimum absolute atomic E-state index is 0.0294. The fraction of sp³-hybridized carbons (Fsp3) is 0.500. The number of rotatable bonds is 3. The second-order valence-electron chi connectivity index (χ2n) is 5.02. The average molecular weight is 279 g/mol. The van der Waals surface area contributed by atoms with Crippen LogP contribution in [0.5, 0.6) is 0 Å². The molecule has 108 valence electrons. The number of amides is 2. The SMILES string of the molecule is COCc1nc(N)cc(N2CC(=O)NC(=O)C2(C)C)n1. The van der Waals surface area contributed by atoms with Crippen LogP contribution in [0.25, 0.3) is 0 Å². The zero-order chi connectivity index (χ0) is 14.9. The maximum atomic E-state index is 11.9. The molecule has 8 nitrogen and oxygen atoms in total. The van der Waals surface area contributed by atoms with Crippen molar-refractivity contribution in [2.45, 2.75) is 26.0 Å². The van der Waals surface area contributed by atoms with Crippen LogP contribution in [0.3, 0.4) is 0 Å². The minimum Gasteiger partial charge on any atom is -0.384 e. The summed E-state index contributed by atoms with van der Waals surface area (Å²) in [6.07, 6.45) is 0. The van der Waals surface area contributed by atoms with Gasteiger partial charge in [0.25, 0.3) is 5.91 Å². The predicted molar refractivity (Wildman–Crippen MR) is 71.7 cm³/mol. The first-order valence-corrected chi connectivity index (χ1v) is 6.09. The summed E-state index contributed by atoms with van der Waals surface area (Å²) in [6, 6.07) is 1.53. The van der Waals surface area contributed by atoms with Gasteiger partial charge in [0.2, 0.25) is 5.91 Å². The first-order chi connectivity index (χ1) is 9.34. The number of hydrogen-bond acceptors (Lipinski definition) is 7. The summed E-state index contributed by atoms with van der Waals surface area (Å²) in [5.74, 6) is 0.338. The van der Waals surface area contributed by atoms with E-state index in [2.05, 4.69) is 15.3 Å². The highest BCUT2D eigenvalue weighted by Crippen LogP contribution is 2.25. The molecule has 2 heterocycles. The number of hydrogen-bond donors (Lipinski definition) is 2. The van der Waals surface area contributed by atoms with Crippen LogP contribution in [0.4, 0.5) is 11.6 Å². The van der Waals surface area contributed by atoms with E-state index in [1.807, 2.05) is 0 Å². The Hall–Kier alpha value is -2.22. The van der Waals surface area contributed by atoms with Crippen molar-refractivity contribution in [3.05, 3.63) is 11.9 Å². The number of imide groups is 1. The van der Waals surface area contributed by atoms with Gasteiger partial charge in [-0.2, -0.15) is 0 Å². The van der Waals surface area contributed by atoms with E-state index in [-0.39, 0.29) is 30.8 Å². The van der Waals surface area contributed by atoms with Crippen LogP contribution >= 0.6 is 0 Å². The number of nitrogens with zero attached hydrogens (tertiary/aromatic N) is 3. The molecule has 0 unspecified atom stereocenters. The van der Waals surface area contributed by atoms with Gasteiger partial charge in [0.1, 0.15) is 23.8 Å². The molecular weight excluding hydrogens is 262 g/mol. The molecule has 0 spiro atoms. The van der Waals surface area contributed by atoms with Crippen molar-refractivity contribution in [3.63, 3.8) is 0 Å². The van der Waals surface area contributed by atoms with Crippen LogP contribution in [0, 0.1) is 0 Å². The van der Waals surface area contributed by atoms with E-state index < -0.39 is 5.54 Å². The van der Waals surface area contributed by atoms with Crippen LogP contribution in [-0.4, -0.2) is 41.0 Å². The van der Waals surface area contributed by atoms with E-state index in [9.17, 15) is 9.59 Å². The van der Waals surface area contributed by atoms with Crippen LogP contribution in [0.15, 0.2) is 6.07 Å². The highest BCUT2D eigenvalue weighted by Gasteiger charge is 2.41. The third kappa shape index (κ3) is 2.55. The minimum atomic E-state index is -0.904. The molecule has 0 saturated carbocycles. The molecule has 1 fully saturated rings. The summed E-state index contributed by atoms with van der Waals surface area (Å²) in [5.41, 5.74) is 4.83.